The van der Waals surface area contributed by atoms with E-state index in [1.807, 2.05) is 30.9 Å². The van der Waals surface area contributed by atoms with Gasteiger partial charge < -0.3 is 14.1 Å². The maximum Gasteiger partial charge on any atom is 0.265 e. The van der Waals surface area contributed by atoms with Crippen LogP contribution in [-0.4, -0.2) is 66.1 Å². The minimum absolute atomic E-state index is 0.0975. The highest BCUT2D eigenvalue weighted by atomic mass is 32.1. The maximum atomic E-state index is 13.0. The highest BCUT2D eigenvalue weighted by Crippen LogP contribution is 2.31. The van der Waals surface area contributed by atoms with E-state index in [0.29, 0.717) is 6.04 Å². The fourth-order valence-corrected chi connectivity index (χ4v) is 4.56. The number of likely N-dealkylation sites (tertiary alicyclic amines) is 1. The average molecular weight is 361 g/mol. The van der Waals surface area contributed by atoms with Crippen molar-refractivity contribution in [2.75, 3.05) is 39.4 Å². The quantitative estimate of drug-likeness (QED) is 0.841. The highest BCUT2D eigenvalue weighted by molar-refractivity contribution is 7.17. The first-order valence-electron chi connectivity index (χ1n) is 8.77. The number of aromatic nitrogens is 1. The van der Waals surface area contributed by atoms with Crippen molar-refractivity contribution in [2.45, 2.75) is 26.3 Å². The number of carbonyl (C=O) groups excluding carboxylic acids is 1. The Kier molecular flexibility index (Phi) is 4.62. The molecule has 4 rings (SSSR count). The Labute approximate surface area is 151 Å². The molecule has 6 nitrogen and oxygen atoms in total. The molecule has 0 N–H and O–H groups in total. The molecule has 0 radical (unpaired) electrons. The number of aryl methyl sites for hydroxylation is 2. The van der Waals surface area contributed by atoms with Crippen molar-refractivity contribution < 1.29 is 13.9 Å². The van der Waals surface area contributed by atoms with E-state index < -0.39 is 0 Å². The molecule has 2 fully saturated rings. The number of nitrogens with zero attached hydrogens (tertiary/aromatic N) is 3. The van der Waals surface area contributed by atoms with Gasteiger partial charge >= 0.3 is 0 Å². The van der Waals surface area contributed by atoms with Gasteiger partial charge in [-0.05, 0) is 32.4 Å². The van der Waals surface area contributed by atoms with Crippen molar-refractivity contribution in [3.05, 3.63) is 28.5 Å². The molecule has 1 amide bonds. The van der Waals surface area contributed by atoms with E-state index in [9.17, 15) is 4.79 Å². The molecule has 2 aliphatic rings. The second kappa shape index (κ2) is 6.90. The number of thiazole rings is 1. The van der Waals surface area contributed by atoms with E-state index in [0.717, 1.165) is 72.9 Å². The Hall–Kier alpha value is -1.70. The van der Waals surface area contributed by atoms with Crippen LogP contribution < -0.4 is 0 Å². The van der Waals surface area contributed by atoms with Gasteiger partial charge in [0.1, 0.15) is 10.6 Å². The molecular formula is C18H23N3O3S. The monoisotopic (exact) mass is 361 g/mol. The molecule has 1 atom stereocenters. The molecule has 2 aromatic rings. The smallest absolute Gasteiger partial charge is 0.265 e. The Morgan fingerprint density at radius 3 is 2.76 bits per heavy atom. The summed E-state index contributed by atoms with van der Waals surface area (Å²) in [4.78, 5) is 22.7. The highest BCUT2D eigenvalue weighted by Gasteiger charge is 2.33. The van der Waals surface area contributed by atoms with Crippen molar-refractivity contribution in [2.24, 2.45) is 0 Å². The van der Waals surface area contributed by atoms with Gasteiger partial charge in [0.2, 0.25) is 0 Å². The Bertz CT molecular complexity index is 763. The van der Waals surface area contributed by atoms with Crippen LogP contribution in [0.5, 0.6) is 0 Å². The van der Waals surface area contributed by atoms with Gasteiger partial charge in [-0.1, -0.05) is 0 Å². The Morgan fingerprint density at radius 2 is 2.04 bits per heavy atom. The Balaban J connectivity index is 1.47. The molecule has 0 unspecified atom stereocenters. The number of hydrogen-bond acceptors (Lipinski definition) is 6. The van der Waals surface area contributed by atoms with E-state index in [-0.39, 0.29) is 5.91 Å². The van der Waals surface area contributed by atoms with Gasteiger partial charge in [0.25, 0.3) is 5.91 Å². The number of morpholine rings is 1. The largest absolute Gasteiger partial charge is 0.459 e. The zero-order chi connectivity index (χ0) is 17.4. The van der Waals surface area contributed by atoms with Gasteiger partial charge in [-0.3, -0.25) is 9.69 Å². The molecule has 0 saturated carbocycles. The van der Waals surface area contributed by atoms with E-state index in [2.05, 4.69) is 9.88 Å². The molecule has 0 spiro atoms. The third-order valence-electron chi connectivity index (χ3n) is 4.95. The topological polar surface area (TPSA) is 58.8 Å². The lowest BCUT2D eigenvalue weighted by atomic mass is 10.2. The van der Waals surface area contributed by atoms with Crippen LogP contribution in [0.25, 0.3) is 10.8 Å². The number of hydrogen-bond donors (Lipinski definition) is 0. The lowest BCUT2D eigenvalue weighted by molar-refractivity contribution is 0.0185. The predicted octanol–water partition coefficient (Wildman–Crippen LogP) is 2.57. The van der Waals surface area contributed by atoms with Crippen LogP contribution >= 0.6 is 11.3 Å². The molecule has 134 valence electrons. The number of carbonyl (C=O) groups is 1. The molecule has 2 aliphatic heterocycles. The zero-order valence-electron chi connectivity index (χ0n) is 14.7. The fourth-order valence-electron chi connectivity index (χ4n) is 3.56. The van der Waals surface area contributed by atoms with Crippen LogP contribution in [-0.2, 0) is 4.74 Å². The molecule has 7 heteroatoms. The number of rotatable bonds is 3. The molecular weight excluding hydrogens is 338 g/mol. The summed E-state index contributed by atoms with van der Waals surface area (Å²) >= 11 is 1.43. The van der Waals surface area contributed by atoms with Gasteiger partial charge in [-0.25, -0.2) is 4.98 Å². The summed E-state index contributed by atoms with van der Waals surface area (Å²) < 4.78 is 11.1. The van der Waals surface area contributed by atoms with Crippen LogP contribution in [0, 0.1) is 13.8 Å². The molecule has 0 bridgehead atoms. The van der Waals surface area contributed by atoms with Crippen LogP contribution in [0.4, 0.5) is 0 Å². The van der Waals surface area contributed by atoms with Crippen molar-refractivity contribution >= 4 is 17.2 Å². The maximum absolute atomic E-state index is 13.0. The molecule has 0 aliphatic carbocycles. The van der Waals surface area contributed by atoms with E-state index in [1.165, 1.54) is 11.3 Å². The van der Waals surface area contributed by atoms with Gasteiger partial charge in [0.15, 0.2) is 10.8 Å². The second-order valence-corrected chi connectivity index (χ2v) is 7.68. The van der Waals surface area contributed by atoms with Gasteiger partial charge in [0.05, 0.1) is 18.9 Å². The van der Waals surface area contributed by atoms with Gasteiger partial charge in [-0.15, -0.1) is 11.3 Å². The minimum Gasteiger partial charge on any atom is -0.459 e. The lowest BCUT2D eigenvalue weighted by Gasteiger charge is -2.32. The summed E-state index contributed by atoms with van der Waals surface area (Å²) in [6.07, 6.45) is 1.04. The zero-order valence-corrected chi connectivity index (χ0v) is 15.5. The van der Waals surface area contributed by atoms with E-state index in [4.69, 9.17) is 9.15 Å². The second-order valence-electron chi connectivity index (χ2n) is 6.69. The minimum atomic E-state index is 0.0975. The first-order chi connectivity index (χ1) is 12.1. The first kappa shape index (κ1) is 16.8. The lowest BCUT2D eigenvalue weighted by Crippen LogP contribution is -2.45. The van der Waals surface area contributed by atoms with Crippen molar-refractivity contribution in [1.82, 2.24) is 14.8 Å². The normalized spacial score (nSPS) is 21.8. The number of amides is 1. The predicted molar refractivity (Wildman–Crippen MR) is 96.0 cm³/mol. The SMILES string of the molecule is Cc1ccc(-c2nc(C)c(C(=O)N3CC[C@@H](N4CCOCC4)C3)s2)o1. The van der Waals surface area contributed by atoms with Crippen molar-refractivity contribution in [3.63, 3.8) is 0 Å². The molecule has 25 heavy (non-hydrogen) atoms. The van der Waals surface area contributed by atoms with Crippen LogP contribution in [0.2, 0.25) is 0 Å². The van der Waals surface area contributed by atoms with Gasteiger partial charge in [0, 0.05) is 32.2 Å². The average Bonchev–Trinajstić information content (AvgIpc) is 3.34. The van der Waals surface area contributed by atoms with Crippen molar-refractivity contribution in [3.8, 4) is 10.8 Å². The van der Waals surface area contributed by atoms with Gasteiger partial charge in [-0.2, -0.15) is 0 Å². The molecule has 2 saturated heterocycles. The third-order valence-corrected chi connectivity index (χ3v) is 6.11. The third kappa shape index (κ3) is 3.36. The standard InChI is InChI=1S/C18H23N3O3S/c1-12-3-4-15(24-12)17-19-13(2)16(25-17)18(22)21-6-5-14(11-21)20-7-9-23-10-8-20/h3-4,14H,5-11H2,1-2H3/t14-/m1/s1. The summed E-state index contributed by atoms with van der Waals surface area (Å²) in [5, 5.41) is 0.776. The molecule has 4 heterocycles. The number of ether oxygens (including phenoxy) is 1. The molecule has 0 aromatic carbocycles. The number of furan rings is 1. The first-order valence-corrected chi connectivity index (χ1v) is 9.59. The Morgan fingerprint density at radius 1 is 1.24 bits per heavy atom. The van der Waals surface area contributed by atoms with Crippen molar-refractivity contribution in [1.29, 1.82) is 0 Å². The summed E-state index contributed by atoms with van der Waals surface area (Å²) in [5.74, 6) is 1.68. The summed E-state index contributed by atoms with van der Waals surface area (Å²) in [7, 11) is 0. The fraction of sp³-hybridized carbons (Fsp3) is 0.556. The van der Waals surface area contributed by atoms with Crippen LogP contribution in [0.3, 0.4) is 0 Å². The molecule has 2 aromatic heterocycles. The van der Waals surface area contributed by atoms with Crippen LogP contribution in [0.1, 0.15) is 27.5 Å². The van der Waals surface area contributed by atoms with E-state index >= 15 is 0 Å². The van der Waals surface area contributed by atoms with Crippen LogP contribution in [0.15, 0.2) is 16.5 Å². The van der Waals surface area contributed by atoms with E-state index in [1.54, 1.807) is 0 Å². The summed E-state index contributed by atoms with van der Waals surface area (Å²) in [6.45, 7) is 8.94. The summed E-state index contributed by atoms with van der Waals surface area (Å²) in [6, 6.07) is 4.28. The summed E-state index contributed by atoms with van der Waals surface area (Å²) in [5.41, 5.74) is 0.786.